The predicted molar refractivity (Wildman–Crippen MR) is 60.5 cm³/mol. The molecule has 15 heavy (non-hydrogen) atoms. The molecule has 1 aromatic heterocycles. The lowest BCUT2D eigenvalue weighted by atomic mass is 10.0. The van der Waals surface area contributed by atoms with Crippen molar-refractivity contribution < 1.29 is 4.74 Å². The normalized spacial score (nSPS) is 20.1. The van der Waals surface area contributed by atoms with Crippen molar-refractivity contribution >= 4 is 11.3 Å². The average molecular weight is 227 g/mol. The van der Waals surface area contributed by atoms with Crippen LogP contribution in [0.25, 0.3) is 0 Å². The quantitative estimate of drug-likeness (QED) is 0.561. The molecule has 1 saturated carbocycles. The maximum atomic E-state index is 5.58. The van der Waals surface area contributed by atoms with Gasteiger partial charge < -0.3 is 4.74 Å². The number of hydrogen-bond acceptors (Lipinski definition) is 5. The summed E-state index contributed by atoms with van der Waals surface area (Å²) in [7, 11) is 1.76. The van der Waals surface area contributed by atoms with Gasteiger partial charge >= 0.3 is 0 Å². The van der Waals surface area contributed by atoms with Crippen molar-refractivity contribution in [3.8, 4) is 0 Å². The first-order chi connectivity index (χ1) is 7.35. The molecule has 3 N–H and O–H groups in total. The predicted octanol–water partition coefficient (Wildman–Crippen LogP) is 0.942. The molecule has 0 amide bonds. The molecule has 0 saturated heterocycles. The minimum absolute atomic E-state index is 0.175. The maximum Gasteiger partial charge on any atom is 0.0941 e. The Morgan fingerprint density at radius 3 is 3.00 bits per heavy atom. The summed E-state index contributed by atoms with van der Waals surface area (Å²) >= 11 is 1.66. The molecule has 4 nitrogen and oxygen atoms in total. The van der Waals surface area contributed by atoms with Gasteiger partial charge in [0.05, 0.1) is 17.2 Å². The van der Waals surface area contributed by atoms with Crippen LogP contribution in [-0.4, -0.2) is 24.2 Å². The first kappa shape index (κ1) is 11.0. The third-order valence-electron chi connectivity index (χ3n) is 2.85. The zero-order chi connectivity index (χ0) is 10.7. The second-order valence-corrected chi connectivity index (χ2v) is 4.92. The van der Waals surface area contributed by atoms with Crippen molar-refractivity contribution in [3.63, 3.8) is 0 Å². The summed E-state index contributed by atoms with van der Waals surface area (Å²) in [6.45, 7) is 0. The number of hydrogen-bond donors (Lipinski definition) is 2. The molecule has 0 aromatic carbocycles. The first-order valence-corrected chi connectivity index (χ1v) is 6.10. The van der Waals surface area contributed by atoms with Gasteiger partial charge in [0.2, 0.25) is 0 Å². The van der Waals surface area contributed by atoms with Crippen molar-refractivity contribution in [2.24, 2.45) is 11.8 Å². The van der Waals surface area contributed by atoms with E-state index in [1.807, 2.05) is 11.6 Å². The van der Waals surface area contributed by atoms with E-state index >= 15 is 0 Å². The van der Waals surface area contributed by atoms with Crippen molar-refractivity contribution in [2.75, 3.05) is 7.11 Å². The fourth-order valence-corrected chi connectivity index (χ4v) is 2.60. The molecule has 84 valence electrons. The van der Waals surface area contributed by atoms with Crippen LogP contribution in [0.3, 0.4) is 0 Å². The van der Waals surface area contributed by atoms with Crippen LogP contribution in [0.15, 0.2) is 11.6 Å². The summed E-state index contributed by atoms with van der Waals surface area (Å²) in [5.41, 5.74) is 2.85. The number of ether oxygens (including phenoxy) is 1. The molecule has 1 fully saturated rings. The lowest BCUT2D eigenvalue weighted by molar-refractivity contribution is 0.0511. The zero-order valence-electron chi connectivity index (χ0n) is 8.85. The van der Waals surface area contributed by atoms with Crippen LogP contribution in [0.1, 0.15) is 17.8 Å². The second kappa shape index (κ2) is 5.03. The third-order valence-corrected chi connectivity index (χ3v) is 3.65. The van der Waals surface area contributed by atoms with Gasteiger partial charge in [-0.15, -0.1) is 11.3 Å². The molecular formula is C10H17N3OS. The molecule has 5 heteroatoms. The first-order valence-electron chi connectivity index (χ1n) is 5.22. The number of nitrogens with two attached hydrogens (primary N) is 1. The smallest absolute Gasteiger partial charge is 0.0941 e. The standard InChI is InChI=1S/C10H17N3OS/c1-14-10(7-2-3-7)8(13-11)6-9-12-4-5-15-9/h4-5,7-8,10,13H,2-3,6,11H2,1H3. The average Bonchev–Trinajstić information content (AvgIpc) is 2.95. The maximum absolute atomic E-state index is 5.58. The van der Waals surface area contributed by atoms with E-state index in [9.17, 15) is 0 Å². The van der Waals surface area contributed by atoms with Crippen LogP contribution < -0.4 is 11.3 Å². The molecule has 1 heterocycles. The van der Waals surface area contributed by atoms with E-state index < -0.39 is 0 Å². The van der Waals surface area contributed by atoms with E-state index in [4.69, 9.17) is 10.6 Å². The van der Waals surface area contributed by atoms with Crippen LogP contribution in [0.2, 0.25) is 0 Å². The Morgan fingerprint density at radius 1 is 1.73 bits per heavy atom. The number of rotatable bonds is 6. The highest BCUT2D eigenvalue weighted by Crippen LogP contribution is 2.36. The number of methoxy groups -OCH3 is 1. The van der Waals surface area contributed by atoms with E-state index in [2.05, 4.69) is 10.4 Å². The Balaban J connectivity index is 1.96. The van der Waals surface area contributed by atoms with Crippen LogP contribution in [0.4, 0.5) is 0 Å². The zero-order valence-corrected chi connectivity index (χ0v) is 9.67. The molecule has 1 aromatic rings. The highest BCUT2D eigenvalue weighted by Gasteiger charge is 2.36. The van der Waals surface area contributed by atoms with Gasteiger partial charge in [-0.3, -0.25) is 11.3 Å². The van der Waals surface area contributed by atoms with Gasteiger partial charge in [0.25, 0.3) is 0 Å². The van der Waals surface area contributed by atoms with Crippen LogP contribution >= 0.6 is 11.3 Å². The molecule has 0 radical (unpaired) electrons. The Morgan fingerprint density at radius 2 is 2.53 bits per heavy atom. The van der Waals surface area contributed by atoms with Gasteiger partial charge in [0.15, 0.2) is 0 Å². The van der Waals surface area contributed by atoms with Gasteiger partial charge in [-0.1, -0.05) is 0 Å². The summed E-state index contributed by atoms with van der Waals surface area (Å²) in [4.78, 5) is 4.27. The number of hydrazine groups is 1. The van der Waals surface area contributed by atoms with Gasteiger partial charge in [-0.25, -0.2) is 4.98 Å². The molecule has 2 rings (SSSR count). The Kier molecular flexibility index (Phi) is 3.69. The summed E-state index contributed by atoms with van der Waals surface area (Å²) < 4.78 is 5.51. The molecule has 1 aliphatic carbocycles. The minimum Gasteiger partial charge on any atom is -0.379 e. The highest BCUT2D eigenvalue weighted by molar-refractivity contribution is 7.09. The van der Waals surface area contributed by atoms with E-state index in [0.29, 0.717) is 5.92 Å². The lowest BCUT2D eigenvalue weighted by Crippen LogP contribution is -2.47. The summed E-state index contributed by atoms with van der Waals surface area (Å²) in [5, 5.41) is 3.10. The minimum atomic E-state index is 0.175. The van der Waals surface area contributed by atoms with E-state index in [0.717, 1.165) is 11.4 Å². The molecular weight excluding hydrogens is 210 g/mol. The molecule has 0 bridgehead atoms. The Bertz CT molecular complexity index is 287. The van der Waals surface area contributed by atoms with Gasteiger partial charge in [0.1, 0.15) is 0 Å². The Hall–Kier alpha value is -0.490. The van der Waals surface area contributed by atoms with E-state index in [-0.39, 0.29) is 12.1 Å². The van der Waals surface area contributed by atoms with Crippen molar-refractivity contribution in [1.82, 2.24) is 10.4 Å². The summed E-state index contributed by atoms with van der Waals surface area (Å²) in [6.07, 6.45) is 5.41. The lowest BCUT2D eigenvalue weighted by Gasteiger charge is -2.24. The highest BCUT2D eigenvalue weighted by atomic mass is 32.1. The Labute approximate surface area is 93.8 Å². The van der Waals surface area contributed by atoms with Gasteiger partial charge in [0, 0.05) is 25.1 Å². The number of nitrogens with one attached hydrogen (secondary N) is 1. The number of thiazole rings is 1. The SMILES string of the molecule is COC(C1CC1)C(Cc1nccs1)NN. The van der Waals surface area contributed by atoms with Gasteiger partial charge in [-0.2, -0.15) is 0 Å². The van der Waals surface area contributed by atoms with Gasteiger partial charge in [-0.05, 0) is 18.8 Å². The summed E-state index contributed by atoms with van der Waals surface area (Å²) in [6, 6.07) is 0.175. The number of nitrogens with zero attached hydrogens (tertiary/aromatic N) is 1. The fraction of sp³-hybridized carbons (Fsp3) is 0.700. The molecule has 0 spiro atoms. The molecule has 2 unspecified atom stereocenters. The monoisotopic (exact) mass is 227 g/mol. The third kappa shape index (κ3) is 2.75. The van der Waals surface area contributed by atoms with Crippen molar-refractivity contribution in [2.45, 2.75) is 31.4 Å². The van der Waals surface area contributed by atoms with Crippen molar-refractivity contribution in [3.05, 3.63) is 16.6 Å². The molecule has 0 aliphatic heterocycles. The number of aromatic nitrogens is 1. The van der Waals surface area contributed by atoms with Crippen LogP contribution in [0, 0.1) is 5.92 Å². The van der Waals surface area contributed by atoms with Crippen molar-refractivity contribution in [1.29, 1.82) is 0 Å². The largest absolute Gasteiger partial charge is 0.379 e. The van der Waals surface area contributed by atoms with E-state index in [1.165, 1.54) is 12.8 Å². The topological polar surface area (TPSA) is 60.2 Å². The van der Waals surface area contributed by atoms with Crippen LogP contribution in [-0.2, 0) is 11.2 Å². The second-order valence-electron chi connectivity index (χ2n) is 3.94. The fourth-order valence-electron chi connectivity index (χ4n) is 1.92. The van der Waals surface area contributed by atoms with E-state index in [1.54, 1.807) is 18.4 Å². The van der Waals surface area contributed by atoms with Crippen LogP contribution in [0.5, 0.6) is 0 Å². The molecule has 1 aliphatic rings. The molecule has 2 atom stereocenters. The summed E-state index contributed by atoms with van der Waals surface area (Å²) in [5.74, 6) is 6.26.